The fourth-order valence-corrected chi connectivity index (χ4v) is 1.47. The van der Waals surface area contributed by atoms with Crippen LogP contribution in [0, 0.1) is 0 Å². The molecule has 0 amide bonds. The van der Waals surface area contributed by atoms with E-state index in [1.165, 1.54) is 5.56 Å². The van der Waals surface area contributed by atoms with Gasteiger partial charge in [-0.15, -0.1) is 0 Å². The Bertz CT molecular complexity index is 341. The third-order valence-electron chi connectivity index (χ3n) is 2.67. The van der Waals surface area contributed by atoms with Crippen molar-refractivity contribution in [2.75, 3.05) is 34.5 Å². The van der Waals surface area contributed by atoms with Crippen LogP contribution < -0.4 is 14.8 Å². The maximum atomic E-state index is 5.57. The first-order valence-corrected chi connectivity index (χ1v) is 5.69. The minimum atomic E-state index is 0.289. The molecule has 1 aromatic carbocycles. The molecular formula is C13H21NO3. The van der Waals surface area contributed by atoms with Gasteiger partial charge in [0.1, 0.15) is 6.61 Å². The van der Waals surface area contributed by atoms with Crippen LogP contribution in [0.3, 0.4) is 0 Å². The molecule has 0 aliphatic heterocycles. The number of rotatable bonds is 7. The SMILES string of the molecule is CNC(C)c1ccc(OCCOC)c(OC)c1. The van der Waals surface area contributed by atoms with Gasteiger partial charge in [-0.2, -0.15) is 0 Å². The van der Waals surface area contributed by atoms with Crippen molar-refractivity contribution in [3.05, 3.63) is 23.8 Å². The molecule has 1 rings (SSSR count). The second-order valence-corrected chi connectivity index (χ2v) is 3.76. The van der Waals surface area contributed by atoms with Gasteiger partial charge < -0.3 is 19.5 Å². The third-order valence-corrected chi connectivity index (χ3v) is 2.67. The summed E-state index contributed by atoms with van der Waals surface area (Å²) in [4.78, 5) is 0. The third kappa shape index (κ3) is 3.91. The van der Waals surface area contributed by atoms with Crippen molar-refractivity contribution in [1.82, 2.24) is 5.32 Å². The molecule has 0 spiro atoms. The second-order valence-electron chi connectivity index (χ2n) is 3.76. The summed E-state index contributed by atoms with van der Waals surface area (Å²) < 4.78 is 15.8. The number of hydrogen-bond donors (Lipinski definition) is 1. The standard InChI is InChI=1S/C13H21NO3/c1-10(14-2)11-5-6-12(13(9-11)16-4)17-8-7-15-3/h5-6,9-10,14H,7-8H2,1-4H3. The quantitative estimate of drug-likeness (QED) is 0.739. The van der Waals surface area contributed by atoms with Gasteiger partial charge in [-0.1, -0.05) is 6.07 Å². The van der Waals surface area contributed by atoms with Gasteiger partial charge in [-0.25, -0.2) is 0 Å². The molecule has 0 radical (unpaired) electrons. The molecular weight excluding hydrogens is 218 g/mol. The smallest absolute Gasteiger partial charge is 0.161 e. The normalized spacial score (nSPS) is 12.2. The van der Waals surface area contributed by atoms with Crippen molar-refractivity contribution < 1.29 is 14.2 Å². The van der Waals surface area contributed by atoms with E-state index in [1.54, 1.807) is 14.2 Å². The molecule has 1 atom stereocenters. The van der Waals surface area contributed by atoms with Crippen LogP contribution in [-0.2, 0) is 4.74 Å². The maximum Gasteiger partial charge on any atom is 0.161 e. The van der Waals surface area contributed by atoms with E-state index in [1.807, 2.05) is 25.2 Å². The van der Waals surface area contributed by atoms with Gasteiger partial charge in [0.05, 0.1) is 13.7 Å². The fraction of sp³-hybridized carbons (Fsp3) is 0.538. The summed E-state index contributed by atoms with van der Waals surface area (Å²) in [5.41, 5.74) is 1.17. The zero-order chi connectivity index (χ0) is 12.7. The molecule has 1 N–H and O–H groups in total. The lowest BCUT2D eigenvalue weighted by Gasteiger charge is -2.15. The van der Waals surface area contributed by atoms with Gasteiger partial charge in [0.2, 0.25) is 0 Å². The minimum Gasteiger partial charge on any atom is -0.493 e. The Hall–Kier alpha value is -1.26. The Balaban J connectivity index is 2.78. The zero-order valence-electron chi connectivity index (χ0n) is 10.9. The average molecular weight is 239 g/mol. The summed E-state index contributed by atoms with van der Waals surface area (Å²) in [5, 5.41) is 3.19. The van der Waals surface area contributed by atoms with Crippen LogP contribution in [0.25, 0.3) is 0 Å². The van der Waals surface area contributed by atoms with E-state index in [-0.39, 0.29) is 6.04 Å². The van der Waals surface area contributed by atoms with E-state index in [2.05, 4.69) is 12.2 Å². The largest absolute Gasteiger partial charge is 0.493 e. The predicted octanol–water partition coefficient (Wildman–Crippen LogP) is 2.00. The molecule has 96 valence electrons. The van der Waals surface area contributed by atoms with Crippen LogP contribution >= 0.6 is 0 Å². The average Bonchev–Trinajstić information content (AvgIpc) is 2.38. The molecule has 0 saturated carbocycles. The van der Waals surface area contributed by atoms with Gasteiger partial charge in [0.15, 0.2) is 11.5 Å². The molecule has 0 heterocycles. The second kappa shape index (κ2) is 7.14. The van der Waals surface area contributed by atoms with Crippen LogP contribution in [0.4, 0.5) is 0 Å². The van der Waals surface area contributed by atoms with E-state index in [4.69, 9.17) is 14.2 Å². The van der Waals surface area contributed by atoms with Crippen LogP contribution in [0.2, 0.25) is 0 Å². The molecule has 17 heavy (non-hydrogen) atoms. The predicted molar refractivity (Wildman–Crippen MR) is 67.8 cm³/mol. The molecule has 1 unspecified atom stereocenters. The number of nitrogens with one attached hydrogen (secondary N) is 1. The van der Waals surface area contributed by atoms with Crippen LogP contribution in [0.1, 0.15) is 18.5 Å². The summed E-state index contributed by atoms with van der Waals surface area (Å²) in [6.45, 7) is 3.19. The topological polar surface area (TPSA) is 39.7 Å². The summed E-state index contributed by atoms with van der Waals surface area (Å²) in [7, 11) is 5.23. The first kappa shape index (κ1) is 13.8. The Morgan fingerprint density at radius 1 is 1.18 bits per heavy atom. The van der Waals surface area contributed by atoms with Gasteiger partial charge in [-0.05, 0) is 31.7 Å². The summed E-state index contributed by atoms with van der Waals surface area (Å²) >= 11 is 0. The molecule has 0 aliphatic carbocycles. The number of hydrogen-bond acceptors (Lipinski definition) is 4. The number of benzene rings is 1. The van der Waals surface area contributed by atoms with Crippen molar-refractivity contribution in [3.63, 3.8) is 0 Å². The van der Waals surface area contributed by atoms with Crippen LogP contribution in [-0.4, -0.2) is 34.5 Å². The first-order chi connectivity index (χ1) is 8.22. The molecule has 4 nitrogen and oxygen atoms in total. The molecule has 0 aliphatic rings. The summed E-state index contributed by atoms with van der Waals surface area (Å²) in [5.74, 6) is 1.50. The fourth-order valence-electron chi connectivity index (χ4n) is 1.47. The molecule has 4 heteroatoms. The lowest BCUT2D eigenvalue weighted by Crippen LogP contribution is -2.12. The molecule has 0 saturated heterocycles. The van der Waals surface area contributed by atoms with E-state index in [0.717, 1.165) is 11.5 Å². The first-order valence-electron chi connectivity index (χ1n) is 5.69. The lowest BCUT2D eigenvalue weighted by atomic mass is 10.1. The molecule has 0 bridgehead atoms. The minimum absolute atomic E-state index is 0.289. The monoisotopic (exact) mass is 239 g/mol. The highest BCUT2D eigenvalue weighted by atomic mass is 16.5. The highest BCUT2D eigenvalue weighted by molar-refractivity contribution is 5.43. The van der Waals surface area contributed by atoms with Gasteiger partial charge in [0, 0.05) is 13.2 Å². The molecule has 1 aromatic rings. The lowest BCUT2D eigenvalue weighted by molar-refractivity contribution is 0.144. The van der Waals surface area contributed by atoms with Gasteiger partial charge >= 0.3 is 0 Å². The van der Waals surface area contributed by atoms with Crippen LogP contribution in [0.5, 0.6) is 11.5 Å². The van der Waals surface area contributed by atoms with E-state index < -0.39 is 0 Å². The maximum absolute atomic E-state index is 5.57. The van der Waals surface area contributed by atoms with Crippen molar-refractivity contribution in [2.24, 2.45) is 0 Å². The Labute approximate surface area is 103 Å². The Morgan fingerprint density at radius 3 is 2.53 bits per heavy atom. The molecule has 0 aromatic heterocycles. The van der Waals surface area contributed by atoms with Crippen LogP contribution in [0.15, 0.2) is 18.2 Å². The van der Waals surface area contributed by atoms with Gasteiger partial charge in [-0.3, -0.25) is 0 Å². The van der Waals surface area contributed by atoms with E-state index in [9.17, 15) is 0 Å². The van der Waals surface area contributed by atoms with Crippen molar-refractivity contribution in [3.8, 4) is 11.5 Å². The number of ether oxygens (including phenoxy) is 3. The summed E-state index contributed by atoms with van der Waals surface area (Å²) in [6.07, 6.45) is 0. The Kier molecular flexibility index (Phi) is 5.80. The number of methoxy groups -OCH3 is 2. The Morgan fingerprint density at radius 2 is 1.94 bits per heavy atom. The van der Waals surface area contributed by atoms with E-state index >= 15 is 0 Å². The van der Waals surface area contributed by atoms with Crippen molar-refractivity contribution in [2.45, 2.75) is 13.0 Å². The van der Waals surface area contributed by atoms with Crippen molar-refractivity contribution in [1.29, 1.82) is 0 Å². The highest BCUT2D eigenvalue weighted by Crippen LogP contribution is 2.30. The van der Waals surface area contributed by atoms with Gasteiger partial charge in [0.25, 0.3) is 0 Å². The highest BCUT2D eigenvalue weighted by Gasteiger charge is 2.09. The zero-order valence-corrected chi connectivity index (χ0v) is 10.9. The van der Waals surface area contributed by atoms with Crippen molar-refractivity contribution >= 4 is 0 Å². The molecule has 0 fully saturated rings. The van der Waals surface area contributed by atoms with E-state index in [0.29, 0.717) is 13.2 Å². The summed E-state index contributed by atoms with van der Waals surface area (Å²) in [6, 6.07) is 6.24.